The Morgan fingerprint density at radius 2 is 2.27 bits per heavy atom. The normalized spacial score (nSPS) is 8.82. The molecule has 3 N–H and O–H groups in total. The molecule has 11 heavy (non-hydrogen) atoms. The maximum atomic E-state index is 12.7. The first-order valence-electron chi connectivity index (χ1n) is 2.91. The van der Waals surface area contributed by atoms with Crippen molar-refractivity contribution in [1.29, 1.82) is 0 Å². The van der Waals surface area contributed by atoms with Crippen molar-refractivity contribution in [2.75, 3.05) is 5.43 Å². The number of anilines is 1. The highest BCUT2D eigenvalue weighted by molar-refractivity contribution is 5.57. The third-order valence-electron chi connectivity index (χ3n) is 1.23. The molecule has 0 saturated carbocycles. The minimum Gasteiger partial charge on any atom is -0.323 e. The standard InChI is InChI=1S/C7H6FN3/c1-10-5-2-3-6(8)7(4-5)11-9/h2-4,11H,9H2. The van der Waals surface area contributed by atoms with E-state index in [1.165, 1.54) is 18.2 Å². The zero-order valence-electron chi connectivity index (χ0n) is 5.63. The molecule has 0 aromatic heterocycles. The zero-order valence-corrected chi connectivity index (χ0v) is 5.63. The fourth-order valence-corrected chi connectivity index (χ4v) is 0.693. The maximum absolute atomic E-state index is 12.7. The number of hydrogen-bond donors (Lipinski definition) is 2. The van der Waals surface area contributed by atoms with Gasteiger partial charge in [-0.2, -0.15) is 0 Å². The molecular weight excluding hydrogens is 145 g/mol. The first-order chi connectivity index (χ1) is 5.27. The lowest BCUT2D eigenvalue weighted by Crippen LogP contribution is -2.07. The smallest absolute Gasteiger partial charge is 0.189 e. The van der Waals surface area contributed by atoms with Crippen LogP contribution in [0.5, 0.6) is 0 Å². The van der Waals surface area contributed by atoms with Crippen LogP contribution in [0.3, 0.4) is 0 Å². The molecule has 0 aliphatic carbocycles. The lowest BCUT2D eigenvalue weighted by Gasteiger charge is -2.00. The second kappa shape index (κ2) is 2.99. The SMILES string of the molecule is [C-]#[N+]c1ccc(F)c(NN)c1. The van der Waals surface area contributed by atoms with Crippen LogP contribution in [0.4, 0.5) is 15.8 Å². The third-order valence-corrected chi connectivity index (χ3v) is 1.23. The molecule has 0 unspecified atom stereocenters. The van der Waals surface area contributed by atoms with E-state index in [9.17, 15) is 4.39 Å². The highest BCUT2D eigenvalue weighted by Gasteiger charge is 1.99. The van der Waals surface area contributed by atoms with Crippen molar-refractivity contribution >= 4 is 11.4 Å². The minimum absolute atomic E-state index is 0.138. The van der Waals surface area contributed by atoms with E-state index in [1.807, 2.05) is 0 Å². The minimum atomic E-state index is -0.458. The average Bonchev–Trinajstić information content (AvgIpc) is 2.05. The van der Waals surface area contributed by atoms with Gasteiger partial charge in [0.15, 0.2) is 5.69 Å². The number of hydrazine groups is 1. The lowest BCUT2D eigenvalue weighted by molar-refractivity contribution is 0.631. The number of nitrogens with zero attached hydrogens (tertiary/aromatic N) is 1. The molecule has 3 nitrogen and oxygen atoms in total. The third kappa shape index (κ3) is 1.45. The molecule has 1 rings (SSSR count). The number of halogens is 1. The Hall–Kier alpha value is -1.60. The summed E-state index contributed by atoms with van der Waals surface area (Å²) in [5.74, 6) is 4.52. The molecule has 0 bridgehead atoms. The van der Waals surface area contributed by atoms with Crippen molar-refractivity contribution in [3.63, 3.8) is 0 Å². The number of rotatable bonds is 1. The summed E-state index contributed by atoms with van der Waals surface area (Å²) in [6.07, 6.45) is 0. The fourth-order valence-electron chi connectivity index (χ4n) is 0.693. The molecule has 0 fully saturated rings. The summed E-state index contributed by atoms with van der Waals surface area (Å²) in [5, 5.41) is 0. The lowest BCUT2D eigenvalue weighted by atomic mass is 10.3. The molecule has 0 radical (unpaired) electrons. The highest BCUT2D eigenvalue weighted by Crippen LogP contribution is 2.20. The van der Waals surface area contributed by atoms with Gasteiger partial charge in [0.1, 0.15) is 5.82 Å². The van der Waals surface area contributed by atoms with Crippen LogP contribution < -0.4 is 11.3 Å². The molecule has 1 aromatic rings. The van der Waals surface area contributed by atoms with Crippen LogP contribution in [0, 0.1) is 12.4 Å². The van der Waals surface area contributed by atoms with Crippen LogP contribution in [-0.2, 0) is 0 Å². The van der Waals surface area contributed by atoms with Gasteiger partial charge in [0.25, 0.3) is 0 Å². The van der Waals surface area contributed by atoms with E-state index in [0.717, 1.165) is 0 Å². The second-order valence-corrected chi connectivity index (χ2v) is 1.92. The van der Waals surface area contributed by atoms with E-state index < -0.39 is 5.82 Å². The zero-order chi connectivity index (χ0) is 8.27. The molecule has 0 spiro atoms. The van der Waals surface area contributed by atoms with Gasteiger partial charge in [-0.1, -0.05) is 6.07 Å². The van der Waals surface area contributed by atoms with Gasteiger partial charge in [-0.3, -0.25) is 5.84 Å². The van der Waals surface area contributed by atoms with Crippen LogP contribution in [-0.4, -0.2) is 0 Å². The Kier molecular flexibility index (Phi) is 2.04. The molecular formula is C7H6FN3. The van der Waals surface area contributed by atoms with Crippen molar-refractivity contribution in [3.05, 3.63) is 35.4 Å². The second-order valence-electron chi connectivity index (χ2n) is 1.92. The van der Waals surface area contributed by atoms with Crippen LogP contribution in [0.25, 0.3) is 4.85 Å². The quantitative estimate of drug-likeness (QED) is 0.364. The number of nitrogens with two attached hydrogens (primary N) is 1. The van der Waals surface area contributed by atoms with E-state index in [2.05, 4.69) is 10.3 Å². The molecule has 0 aliphatic heterocycles. The maximum Gasteiger partial charge on any atom is 0.189 e. The predicted octanol–water partition coefficient (Wildman–Crippen LogP) is 1.66. The summed E-state index contributed by atoms with van der Waals surface area (Å²) in [4.78, 5) is 3.11. The highest BCUT2D eigenvalue weighted by atomic mass is 19.1. The van der Waals surface area contributed by atoms with Gasteiger partial charge in [0, 0.05) is 0 Å². The largest absolute Gasteiger partial charge is 0.323 e. The van der Waals surface area contributed by atoms with Crippen LogP contribution in [0.1, 0.15) is 0 Å². The summed E-state index contributed by atoms with van der Waals surface area (Å²) < 4.78 is 12.7. The van der Waals surface area contributed by atoms with Crippen LogP contribution in [0.15, 0.2) is 18.2 Å². The Balaban J connectivity index is 3.15. The Morgan fingerprint density at radius 3 is 2.82 bits per heavy atom. The van der Waals surface area contributed by atoms with Gasteiger partial charge >= 0.3 is 0 Å². The van der Waals surface area contributed by atoms with E-state index in [1.54, 1.807) is 0 Å². The predicted molar refractivity (Wildman–Crippen MR) is 40.5 cm³/mol. The summed E-state index contributed by atoms with van der Waals surface area (Å²) >= 11 is 0. The number of nitrogen functional groups attached to an aromatic ring is 1. The molecule has 1 aromatic carbocycles. The van der Waals surface area contributed by atoms with Gasteiger partial charge in [0.05, 0.1) is 12.3 Å². The van der Waals surface area contributed by atoms with Gasteiger partial charge in [-0.05, 0) is 12.1 Å². The summed E-state index contributed by atoms with van der Waals surface area (Å²) in [5.41, 5.74) is 2.65. The summed E-state index contributed by atoms with van der Waals surface area (Å²) in [6.45, 7) is 6.62. The van der Waals surface area contributed by atoms with E-state index >= 15 is 0 Å². The monoisotopic (exact) mass is 151 g/mol. The van der Waals surface area contributed by atoms with Crippen molar-refractivity contribution in [2.24, 2.45) is 5.84 Å². The van der Waals surface area contributed by atoms with Crippen LogP contribution in [0.2, 0.25) is 0 Å². The van der Waals surface area contributed by atoms with E-state index in [-0.39, 0.29) is 5.69 Å². The van der Waals surface area contributed by atoms with Crippen molar-refractivity contribution in [2.45, 2.75) is 0 Å². The Morgan fingerprint density at radius 1 is 1.55 bits per heavy atom. The number of hydrogen-bond acceptors (Lipinski definition) is 2. The van der Waals surface area contributed by atoms with Crippen LogP contribution >= 0.6 is 0 Å². The van der Waals surface area contributed by atoms with Crippen molar-refractivity contribution in [1.82, 2.24) is 0 Å². The molecule has 0 aliphatic rings. The van der Waals surface area contributed by atoms with Crippen molar-refractivity contribution in [3.8, 4) is 0 Å². The Bertz CT molecular complexity index is 303. The van der Waals surface area contributed by atoms with E-state index in [0.29, 0.717) is 5.69 Å². The Labute approximate surface area is 63.4 Å². The summed E-state index contributed by atoms with van der Waals surface area (Å²) in [7, 11) is 0. The molecule has 0 heterocycles. The van der Waals surface area contributed by atoms with E-state index in [4.69, 9.17) is 12.4 Å². The van der Waals surface area contributed by atoms with Crippen molar-refractivity contribution < 1.29 is 4.39 Å². The first kappa shape index (κ1) is 7.51. The molecule has 0 amide bonds. The van der Waals surface area contributed by atoms with Gasteiger partial charge < -0.3 is 5.43 Å². The average molecular weight is 151 g/mol. The number of benzene rings is 1. The van der Waals surface area contributed by atoms with Gasteiger partial charge in [0.2, 0.25) is 0 Å². The van der Waals surface area contributed by atoms with Gasteiger partial charge in [-0.15, -0.1) is 0 Å². The molecule has 4 heteroatoms. The molecule has 56 valence electrons. The topological polar surface area (TPSA) is 42.4 Å². The van der Waals surface area contributed by atoms with Gasteiger partial charge in [-0.25, -0.2) is 9.24 Å². The molecule has 0 saturated heterocycles. The fraction of sp³-hybridized carbons (Fsp3) is 0. The molecule has 0 atom stereocenters. The number of nitrogens with one attached hydrogen (secondary N) is 1. The summed E-state index contributed by atoms with van der Waals surface area (Å²) in [6, 6.07) is 3.94. The first-order valence-corrected chi connectivity index (χ1v) is 2.91.